The fraction of sp³-hybridized carbons (Fsp3) is 0.500. The van der Waals surface area contributed by atoms with Crippen LogP contribution in [0.1, 0.15) is 25.8 Å². The largest absolute Gasteiger partial charge is 0.370 e. The number of pyridine rings is 1. The lowest BCUT2D eigenvalue weighted by Crippen LogP contribution is -1.99. The van der Waals surface area contributed by atoms with Crippen molar-refractivity contribution in [1.29, 1.82) is 0 Å². The van der Waals surface area contributed by atoms with Crippen LogP contribution >= 0.6 is 0 Å². The van der Waals surface area contributed by atoms with E-state index in [0.29, 0.717) is 0 Å². The van der Waals surface area contributed by atoms with Gasteiger partial charge < -0.3 is 5.32 Å². The maximum absolute atomic E-state index is 4.20. The van der Waals surface area contributed by atoms with Crippen molar-refractivity contribution >= 4 is 5.82 Å². The molecule has 0 aromatic carbocycles. The summed E-state index contributed by atoms with van der Waals surface area (Å²) in [5.41, 5.74) is 1.36. The highest BCUT2D eigenvalue weighted by atomic mass is 15.0. The van der Waals surface area contributed by atoms with Crippen LogP contribution in [0.5, 0.6) is 0 Å². The van der Waals surface area contributed by atoms with Crippen molar-refractivity contribution < 1.29 is 0 Å². The van der Waals surface area contributed by atoms with Gasteiger partial charge in [0.1, 0.15) is 5.82 Å². The van der Waals surface area contributed by atoms with Gasteiger partial charge in [-0.25, -0.2) is 4.98 Å². The van der Waals surface area contributed by atoms with E-state index >= 15 is 0 Å². The number of anilines is 1. The minimum atomic E-state index is 0.933. The number of hydrogen-bond donors (Lipinski definition) is 1. The minimum Gasteiger partial charge on any atom is -0.370 e. The quantitative estimate of drug-likeness (QED) is 0.739. The van der Waals surface area contributed by atoms with Gasteiger partial charge in [0.05, 0.1) is 0 Å². The molecule has 0 aliphatic carbocycles. The molecule has 2 heteroatoms. The first-order valence-corrected chi connectivity index (χ1v) is 4.55. The topological polar surface area (TPSA) is 24.9 Å². The van der Waals surface area contributed by atoms with Crippen molar-refractivity contribution in [2.75, 3.05) is 11.9 Å². The van der Waals surface area contributed by atoms with Crippen molar-refractivity contribution in [2.45, 2.75) is 26.7 Å². The van der Waals surface area contributed by atoms with E-state index in [9.17, 15) is 0 Å². The monoisotopic (exact) mass is 164 g/mol. The normalized spacial score (nSPS) is 9.83. The second-order valence-electron chi connectivity index (χ2n) is 2.83. The van der Waals surface area contributed by atoms with Crippen LogP contribution in [-0.2, 0) is 6.42 Å². The predicted octanol–water partition coefficient (Wildman–Crippen LogP) is 2.47. The Hall–Kier alpha value is -1.05. The van der Waals surface area contributed by atoms with E-state index in [1.807, 2.05) is 6.20 Å². The summed E-state index contributed by atoms with van der Waals surface area (Å²) < 4.78 is 0. The van der Waals surface area contributed by atoms with Gasteiger partial charge in [-0.15, -0.1) is 0 Å². The molecular weight excluding hydrogens is 148 g/mol. The molecule has 0 unspecified atom stereocenters. The second kappa shape index (κ2) is 4.75. The summed E-state index contributed by atoms with van der Waals surface area (Å²) in [6, 6.07) is 4.19. The summed E-state index contributed by atoms with van der Waals surface area (Å²) in [6.07, 6.45) is 4.19. The van der Waals surface area contributed by atoms with E-state index in [4.69, 9.17) is 0 Å². The Morgan fingerprint density at radius 2 is 2.25 bits per heavy atom. The van der Waals surface area contributed by atoms with Crippen LogP contribution in [0.4, 0.5) is 5.82 Å². The lowest BCUT2D eigenvalue weighted by Gasteiger charge is -2.03. The van der Waals surface area contributed by atoms with E-state index in [0.717, 1.165) is 18.8 Å². The molecule has 0 fully saturated rings. The van der Waals surface area contributed by atoms with Gasteiger partial charge in [-0.1, -0.05) is 13.3 Å². The number of nitrogens with one attached hydrogen (secondary N) is 1. The minimum absolute atomic E-state index is 0.933. The summed E-state index contributed by atoms with van der Waals surface area (Å²) in [6.45, 7) is 5.20. The third-order valence-electron chi connectivity index (χ3n) is 1.72. The first kappa shape index (κ1) is 9.04. The molecule has 0 amide bonds. The van der Waals surface area contributed by atoms with E-state index in [1.165, 1.54) is 12.0 Å². The lowest BCUT2D eigenvalue weighted by atomic mass is 10.1. The Morgan fingerprint density at radius 3 is 2.92 bits per heavy atom. The van der Waals surface area contributed by atoms with Gasteiger partial charge in [0.25, 0.3) is 0 Å². The number of aromatic nitrogens is 1. The van der Waals surface area contributed by atoms with Gasteiger partial charge in [0, 0.05) is 12.7 Å². The molecule has 66 valence electrons. The summed E-state index contributed by atoms with van der Waals surface area (Å²) in [7, 11) is 0. The standard InChI is InChI=1S/C10H16N2/c1-3-5-9-6-7-12-10(8-9)11-4-2/h6-8H,3-5H2,1-2H3,(H,11,12). The van der Waals surface area contributed by atoms with Crippen molar-refractivity contribution in [3.63, 3.8) is 0 Å². The van der Waals surface area contributed by atoms with Crippen molar-refractivity contribution in [3.8, 4) is 0 Å². The zero-order chi connectivity index (χ0) is 8.81. The third kappa shape index (κ3) is 2.53. The molecule has 1 N–H and O–H groups in total. The maximum atomic E-state index is 4.20. The average molecular weight is 164 g/mol. The molecule has 1 aromatic heterocycles. The summed E-state index contributed by atoms with van der Waals surface area (Å²) >= 11 is 0. The SMILES string of the molecule is CCCc1ccnc(NCC)c1. The molecule has 0 spiro atoms. The van der Waals surface area contributed by atoms with E-state index in [2.05, 4.69) is 36.3 Å². The van der Waals surface area contributed by atoms with Gasteiger partial charge in [0.15, 0.2) is 0 Å². The smallest absolute Gasteiger partial charge is 0.126 e. The van der Waals surface area contributed by atoms with Crippen molar-refractivity contribution in [1.82, 2.24) is 4.98 Å². The molecule has 2 nitrogen and oxygen atoms in total. The zero-order valence-corrected chi connectivity index (χ0v) is 7.80. The van der Waals surface area contributed by atoms with E-state index in [-0.39, 0.29) is 0 Å². The summed E-state index contributed by atoms with van der Waals surface area (Å²) in [5, 5.41) is 3.20. The van der Waals surface area contributed by atoms with E-state index < -0.39 is 0 Å². The highest BCUT2D eigenvalue weighted by molar-refractivity contribution is 5.37. The van der Waals surface area contributed by atoms with Gasteiger partial charge >= 0.3 is 0 Å². The summed E-state index contributed by atoms with van der Waals surface area (Å²) in [4.78, 5) is 4.20. The van der Waals surface area contributed by atoms with Crippen LogP contribution < -0.4 is 5.32 Å². The lowest BCUT2D eigenvalue weighted by molar-refractivity contribution is 0.918. The van der Waals surface area contributed by atoms with Gasteiger partial charge in [-0.05, 0) is 31.0 Å². The highest BCUT2D eigenvalue weighted by Gasteiger charge is 1.93. The molecular formula is C10H16N2. The molecule has 0 saturated carbocycles. The van der Waals surface area contributed by atoms with Crippen LogP contribution in [0.2, 0.25) is 0 Å². The van der Waals surface area contributed by atoms with Gasteiger partial charge in [-0.2, -0.15) is 0 Å². The van der Waals surface area contributed by atoms with Crippen LogP contribution in [0.15, 0.2) is 18.3 Å². The Kier molecular flexibility index (Phi) is 3.58. The Balaban J connectivity index is 2.67. The molecule has 0 radical (unpaired) electrons. The molecule has 0 aliphatic heterocycles. The first-order chi connectivity index (χ1) is 5.86. The molecule has 1 rings (SSSR count). The second-order valence-corrected chi connectivity index (χ2v) is 2.83. The number of nitrogens with zero attached hydrogens (tertiary/aromatic N) is 1. The molecule has 0 saturated heterocycles. The first-order valence-electron chi connectivity index (χ1n) is 4.55. The molecule has 0 atom stereocenters. The maximum Gasteiger partial charge on any atom is 0.126 e. The Morgan fingerprint density at radius 1 is 1.42 bits per heavy atom. The zero-order valence-electron chi connectivity index (χ0n) is 7.80. The Bertz CT molecular complexity index is 212. The van der Waals surface area contributed by atoms with Gasteiger partial charge in [0.2, 0.25) is 0 Å². The van der Waals surface area contributed by atoms with Crippen LogP contribution in [-0.4, -0.2) is 11.5 Å². The van der Waals surface area contributed by atoms with Crippen molar-refractivity contribution in [3.05, 3.63) is 23.9 Å². The third-order valence-corrected chi connectivity index (χ3v) is 1.72. The number of hydrogen-bond acceptors (Lipinski definition) is 2. The molecule has 12 heavy (non-hydrogen) atoms. The van der Waals surface area contributed by atoms with E-state index in [1.54, 1.807) is 0 Å². The molecule has 0 bridgehead atoms. The van der Waals surface area contributed by atoms with Crippen LogP contribution in [0.25, 0.3) is 0 Å². The Labute approximate surface area is 74.0 Å². The average Bonchev–Trinajstić information content (AvgIpc) is 2.06. The number of rotatable bonds is 4. The summed E-state index contributed by atoms with van der Waals surface area (Å²) in [5.74, 6) is 0.989. The number of aryl methyl sites for hydroxylation is 1. The van der Waals surface area contributed by atoms with Gasteiger partial charge in [-0.3, -0.25) is 0 Å². The van der Waals surface area contributed by atoms with Crippen LogP contribution in [0, 0.1) is 0 Å². The molecule has 1 aromatic rings. The van der Waals surface area contributed by atoms with Crippen molar-refractivity contribution in [2.24, 2.45) is 0 Å². The molecule has 0 aliphatic rings. The predicted molar refractivity (Wildman–Crippen MR) is 52.4 cm³/mol. The molecule has 1 heterocycles. The van der Waals surface area contributed by atoms with Crippen LogP contribution in [0.3, 0.4) is 0 Å². The fourth-order valence-corrected chi connectivity index (χ4v) is 1.20. The fourth-order valence-electron chi connectivity index (χ4n) is 1.20. The highest BCUT2D eigenvalue weighted by Crippen LogP contribution is 2.07.